The third-order valence-electron chi connectivity index (χ3n) is 4.28. The van der Waals surface area contributed by atoms with Crippen LogP contribution in [0.3, 0.4) is 0 Å². The van der Waals surface area contributed by atoms with Crippen molar-refractivity contribution in [3.63, 3.8) is 0 Å². The van der Waals surface area contributed by atoms with Gasteiger partial charge in [-0.05, 0) is 40.6 Å². The number of amides is 1. The lowest BCUT2D eigenvalue weighted by atomic mass is 9.97. The molecule has 0 saturated carbocycles. The standard InChI is InChI=1S/C21H16N2O2/c1-14-17(10-11-25-14)21(24)23-22-13-20-18-8-4-2-6-15(18)12-16-7-3-5-9-19(16)20/h2-13H,1H3,(H,23,24)/b22-13-. The molecule has 0 radical (unpaired) electrons. The lowest BCUT2D eigenvalue weighted by molar-refractivity contribution is 0.0953. The van der Waals surface area contributed by atoms with Gasteiger partial charge in [0.2, 0.25) is 0 Å². The molecule has 0 aliphatic heterocycles. The van der Waals surface area contributed by atoms with Crippen LogP contribution in [0.2, 0.25) is 0 Å². The van der Waals surface area contributed by atoms with Crippen LogP contribution in [-0.4, -0.2) is 12.1 Å². The maximum atomic E-state index is 12.2. The summed E-state index contributed by atoms with van der Waals surface area (Å²) in [5.74, 6) is 0.287. The zero-order valence-corrected chi connectivity index (χ0v) is 13.7. The van der Waals surface area contributed by atoms with Gasteiger partial charge >= 0.3 is 0 Å². The number of hydrogen-bond donors (Lipinski definition) is 1. The minimum Gasteiger partial charge on any atom is -0.469 e. The van der Waals surface area contributed by atoms with Crippen molar-refractivity contribution in [2.45, 2.75) is 6.92 Å². The molecule has 0 atom stereocenters. The number of furan rings is 1. The van der Waals surface area contributed by atoms with Crippen LogP contribution in [0.15, 0.2) is 76.4 Å². The number of nitrogens with one attached hydrogen (secondary N) is 1. The van der Waals surface area contributed by atoms with Crippen molar-refractivity contribution in [2.75, 3.05) is 0 Å². The van der Waals surface area contributed by atoms with Crippen LogP contribution >= 0.6 is 0 Å². The van der Waals surface area contributed by atoms with Gasteiger partial charge in [0.1, 0.15) is 5.76 Å². The molecule has 4 heteroatoms. The number of hydrazone groups is 1. The van der Waals surface area contributed by atoms with Gasteiger partial charge in [0.25, 0.3) is 5.91 Å². The zero-order chi connectivity index (χ0) is 17.2. The number of benzene rings is 3. The van der Waals surface area contributed by atoms with E-state index in [-0.39, 0.29) is 5.91 Å². The van der Waals surface area contributed by atoms with Crippen LogP contribution in [0.5, 0.6) is 0 Å². The second-order valence-corrected chi connectivity index (χ2v) is 5.82. The van der Waals surface area contributed by atoms with E-state index in [0.717, 1.165) is 27.1 Å². The van der Waals surface area contributed by atoms with Crippen molar-refractivity contribution in [1.29, 1.82) is 0 Å². The molecule has 25 heavy (non-hydrogen) atoms. The van der Waals surface area contributed by atoms with Gasteiger partial charge in [-0.25, -0.2) is 5.43 Å². The van der Waals surface area contributed by atoms with Gasteiger partial charge in [0.05, 0.1) is 18.0 Å². The quantitative estimate of drug-likeness (QED) is 0.338. The Morgan fingerprint density at radius 1 is 1.00 bits per heavy atom. The molecule has 0 aliphatic rings. The molecular formula is C21H16N2O2. The Balaban J connectivity index is 1.74. The Labute approximate surface area is 144 Å². The molecule has 0 saturated heterocycles. The Hall–Kier alpha value is -3.40. The fraction of sp³-hybridized carbons (Fsp3) is 0.0476. The fourth-order valence-corrected chi connectivity index (χ4v) is 3.02. The number of aryl methyl sites for hydroxylation is 1. The normalized spacial score (nSPS) is 11.4. The molecule has 0 aliphatic carbocycles. The third-order valence-corrected chi connectivity index (χ3v) is 4.28. The van der Waals surface area contributed by atoms with E-state index in [1.54, 1.807) is 19.2 Å². The van der Waals surface area contributed by atoms with E-state index in [1.165, 1.54) is 6.26 Å². The Bertz CT molecular complexity index is 1060. The minimum absolute atomic E-state index is 0.285. The van der Waals surface area contributed by atoms with E-state index < -0.39 is 0 Å². The number of nitrogens with zero attached hydrogens (tertiary/aromatic N) is 1. The summed E-state index contributed by atoms with van der Waals surface area (Å²) in [7, 11) is 0. The number of carbonyl (C=O) groups excluding carboxylic acids is 1. The molecule has 4 rings (SSSR count). The first-order valence-corrected chi connectivity index (χ1v) is 8.02. The predicted octanol–water partition coefficient (Wildman–Crippen LogP) is 4.66. The molecule has 1 amide bonds. The Morgan fingerprint density at radius 3 is 2.24 bits per heavy atom. The van der Waals surface area contributed by atoms with Crippen molar-refractivity contribution in [3.05, 3.63) is 83.8 Å². The van der Waals surface area contributed by atoms with Crippen molar-refractivity contribution in [3.8, 4) is 0 Å². The molecule has 4 aromatic rings. The minimum atomic E-state index is -0.285. The summed E-state index contributed by atoms with van der Waals surface area (Å²) in [5.41, 5.74) is 4.04. The second-order valence-electron chi connectivity index (χ2n) is 5.82. The van der Waals surface area contributed by atoms with Crippen LogP contribution in [0.25, 0.3) is 21.5 Å². The summed E-state index contributed by atoms with van der Waals surface area (Å²) in [5, 5.41) is 8.64. The van der Waals surface area contributed by atoms with E-state index in [2.05, 4.69) is 40.9 Å². The molecule has 3 aromatic carbocycles. The molecule has 1 heterocycles. The molecule has 0 unspecified atom stereocenters. The Kier molecular flexibility index (Phi) is 3.78. The maximum absolute atomic E-state index is 12.2. The number of carbonyl (C=O) groups is 1. The summed E-state index contributed by atoms with van der Waals surface area (Å²) >= 11 is 0. The highest BCUT2D eigenvalue weighted by atomic mass is 16.3. The van der Waals surface area contributed by atoms with Crippen LogP contribution in [0.4, 0.5) is 0 Å². The monoisotopic (exact) mass is 328 g/mol. The van der Waals surface area contributed by atoms with Crippen molar-refractivity contribution >= 4 is 33.7 Å². The highest BCUT2D eigenvalue weighted by molar-refractivity contribution is 6.13. The highest BCUT2D eigenvalue weighted by Gasteiger charge is 2.10. The summed E-state index contributed by atoms with van der Waals surface area (Å²) in [6.45, 7) is 1.75. The van der Waals surface area contributed by atoms with E-state index >= 15 is 0 Å². The zero-order valence-electron chi connectivity index (χ0n) is 13.7. The molecule has 4 nitrogen and oxygen atoms in total. The third kappa shape index (κ3) is 2.78. The number of hydrogen-bond acceptors (Lipinski definition) is 3. The summed E-state index contributed by atoms with van der Waals surface area (Å²) < 4.78 is 5.15. The van der Waals surface area contributed by atoms with Crippen molar-refractivity contribution < 1.29 is 9.21 Å². The molecule has 0 fully saturated rings. The van der Waals surface area contributed by atoms with Gasteiger partial charge < -0.3 is 4.42 Å². The van der Waals surface area contributed by atoms with Gasteiger partial charge in [-0.3, -0.25) is 4.79 Å². The van der Waals surface area contributed by atoms with Crippen molar-refractivity contribution in [1.82, 2.24) is 5.43 Å². The van der Waals surface area contributed by atoms with E-state index in [9.17, 15) is 4.79 Å². The summed E-state index contributed by atoms with van der Waals surface area (Å²) in [4.78, 5) is 12.2. The molecule has 1 aromatic heterocycles. The lowest BCUT2D eigenvalue weighted by Gasteiger charge is -2.07. The lowest BCUT2D eigenvalue weighted by Crippen LogP contribution is -2.17. The van der Waals surface area contributed by atoms with E-state index in [4.69, 9.17) is 4.42 Å². The van der Waals surface area contributed by atoms with Gasteiger partial charge in [-0.1, -0.05) is 48.5 Å². The van der Waals surface area contributed by atoms with Crippen LogP contribution in [0.1, 0.15) is 21.7 Å². The molecule has 122 valence electrons. The first-order chi connectivity index (χ1) is 12.2. The topological polar surface area (TPSA) is 54.6 Å². The predicted molar refractivity (Wildman–Crippen MR) is 100.0 cm³/mol. The Morgan fingerprint density at radius 2 is 1.64 bits per heavy atom. The highest BCUT2D eigenvalue weighted by Crippen LogP contribution is 2.27. The maximum Gasteiger partial charge on any atom is 0.274 e. The van der Waals surface area contributed by atoms with E-state index in [0.29, 0.717) is 11.3 Å². The van der Waals surface area contributed by atoms with Crippen LogP contribution in [-0.2, 0) is 0 Å². The van der Waals surface area contributed by atoms with Gasteiger partial charge in [-0.15, -0.1) is 0 Å². The summed E-state index contributed by atoms with van der Waals surface area (Å²) in [6.07, 6.45) is 3.20. The molecule has 1 N–H and O–H groups in total. The summed E-state index contributed by atoms with van der Waals surface area (Å²) in [6, 6.07) is 20.1. The van der Waals surface area contributed by atoms with E-state index in [1.807, 2.05) is 24.3 Å². The average Bonchev–Trinajstić information content (AvgIpc) is 3.07. The van der Waals surface area contributed by atoms with Gasteiger partial charge in [0, 0.05) is 5.56 Å². The SMILES string of the molecule is Cc1occc1C(=O)N/N=C\c1c2ccccc2cc2ccccc12. The van der Waals surface area contributed by atoms with Crippen molar-refractivity contribution in [2.24, 2.45) is 5.10 Å². The number of rotatable bonds is 3. The smallest absolute Gasteiger partial charge is 0.274 e. The molecule has 0 bridgehead atoms. The molecule has 0 spiro atoms. The van der Waals surface area contributed by atoms with Crippen LogP contribution < -0.4 is 5.43 Å². The average molecular weight is 328 g/mol. The number of fused-ring (bicyclic) bond motifs is 2. The van der Waals surface area contributed by atoms with Crippen LogP contribution in [0, 0.1) is 6.92 Å². The van der Waals surface area contributed by atoms with Gasteiger partial charge in [-0.2, -0.15) is 5.10 Å². The molecular weight excluding hydrogens is 312 g/mol. The second kappa shape index (κ2) is 6.24. The first-order valence-electron chi connectivity index (χ1n) is 8.02. The van der Waals surface area contributed by atoms with Gasteiger partial charge in [0.15, 0.2) is 0 Å². The largest absolute Gasteiger partial charge is 0.469 e. The fourth-order valence-electron chi connectivity index (χ4n) is 3.02. The first kappa shape index (κ1) is 15.1.